The molecule has 3 aromatic heterocycles. The summed E-state index contributed by atoms with van der Waals surface area (Å²) in [4.78, 5) is 20.9. The number of esters is 1. The lowest BCUT2D eigenvalue weighted by molar-refractivity contribution is 0.0599. The lowest BCUT2D eigenvalue weighted by Crippen LogP contribution is -2.06. The van der Waals surface area contributed by atoms with Crippen LogP contribution in [0.15, 0.2) is 48.0 Å². The number of anilines is 2. The summed E-state index contributed by atoms with van der Waals surface area (Å²) < 4.78 is 6.83. The van der Waals surface area contributed by atoms with Gasteiger partial charge in [0.1, 0.15) is 0 Å². The number of carbonyl (C=O) groups is 1. The molecule has 29 heavy (non-hydrogen) atoms. The Balaban J connectivity index is 1.72. The molecule has 0 spiro atoms. The van der Waals surface area contributed by atoms with Crippen molar-refractivity contribution in [3.05, 3.63) is 54.1 Å². The predicted octanol–water partition coefficient (Wildman–Crippen LogP) is 3.93. The molecule has 0 fully saturated rings. The largest absolute Gasteiger partial charge is 0.465 e. The van der Waals surface area contributed by atoms with E-state index in [0.717, 1.165) is 27.5 Å². The van der Waals surface area contributed by atoms with Gasteiger partial charge in [0.15, 0.2) is 11.5 Å². The Hall–Kier alpha value is -3.33. The molecule has 0 atom stereocenters. The van der Waals surface area contributed by atoms with Gasteiger partial charge in [-0.05, 0) is 36.4 Å². The van der Waals surface area contributed by atoms with Crippen LogP contribution in [-0.4, -0.2) is 43.9 Å². The number of benzene rings is 1. The van der Waals surface area contributed by atoms with E-state index in [4.69, 9.17) is 4.74 Å². The zero-order valence-electron chi connectivity index (χ0n) is 16.3. The molecule has 0 radical (unpaired) electrons. The summed E-state index contributed by atoms with van der Waals surface area (Å²) in [6.07, 6.45) is 9.91. The molecule has 2 N–H and O–H groups in total. The Labute approximate surface area is 171 Å². The van der Waals surface area contributed by atoms with Gasteiger partial charge in [0.2, 0.25) is 0 Å². The van der Waals surface area contributed by atoms with E-state index in [9.17, 15) is 4.79 Å². The minimum Gasteiger partial charge on any atom is -0.465 e. The average Bonchev–Trinajstić information content (AvgIpc) is 3.39. The lowest BCUT2D eigenvalue weighted by atomic mass is 10.0. The van der Waals surface area contributed by atoms with Crippen molar-refractivity contribution in [1.29, 1.82) is 0 Å². The number of methoxy groups -OCH3 is 1. The summed E-state index contributed by atoms with van der Waals surface area (Å²) in [6.45, 7) is 2.00. The second kappa shape index (κ2) is 7.96. The summed E-state index contributed by atoms with van der Waals surface area (Å²) in [5, 5.41) is 11.4. The van der Waals surface area contributed by atoms with Gasteiger partial charge in [0.25, 0.3) is 0 Å². The van der Waals surface area contributed by atoms with Gasteiger partial charge < -0.3 is 10.1 Å². The number of hydrogen-bond donors (Lipinski definition) is 2. The highest BCUT2D eigenvalue weighted by molar-refractivity contribution is 7.98. The van der Waals surface area contributed by atoms with Crippen molar-refractivity contribution in [2.75, 3.05) is 18.7 Å². The van der Waals surface area contributed by atoms with Gasteiger partial charge >= 0.3 is 5.97 Å². The first-order valence-electron chi connectivity index (χ1n) is 9.04. The van der Waals surface area contributed by atoms with Crippen LogP contribution in [0.3, 0.4) is 0 Å². The van der Waals surface area contributed by atoms with Gasteiger partial charge in [-0.15, -0.1) is 11.8 Å². The number of imidazole rings is 1. The summed E-state index contributed by atoms with van der Waals surface area (Å²) in [5.74, 6) is 0.289. The first-order chi connectivity index (χ1) is 14.2. The number of H-pyrrole nitrogens is 1. The molecule has 4 rings (SSSR count). The number of ether oxygens (including phenoxy) is 1. The van der Waals surface area contributed by atoms with E-state index in [1.165, 1.54) is 7.11 Å². The highest BCUT2D eigenvalue weighted by atomic mass is 32.2. The van der Waals surface area contributed by atoms with Gasteiger partial charge in [0.05, 0.1) is 41.4 Å². The second-order valence-corrected chi connectivity index (χ2v) is 7.09. The lowest BCUT2D eigenvalue weighted by Gasteiger charge is -2.11. The van der Waals surface area contributed by atoms with Crippen LogP contribution in [0.4, 0.5) is 11.5 Å². The molecule has 4 aromatic rings. The van der Waals surface area contributed by atoms with E-state index in [-0.39, 0.29) is 5.97 Å². The topological polar surface area (TPSA) is 97.2 Å². The van der Waals surface area contributed by atoms with E-state index in [1.54, 1.807) is 30.2 Å². The third kappa shape index (κ3) is 3.44. The third-order valence-electron chi connectivity index (χ3n) is 4.67. The molecule has 0 aliphatic carbocycles. The van der Waals surface area contributed by atoms with Crippen molar-refractivity contribution in [2.24, 2.45) is 0 Å². The first kappa shape index (κ1) is 19.0. The minimum atomic E-state index is -0.337. The normalized spacial score (nSPS) is 11.0. The first-order valence-corrected chi connectivity index (χ1v) is 10.3. The monoisotopic (exact) mass is 408 g/mol. The summed E-state index contributed by atoms with van der Waals surface area (Å²) in [5.41, 5.74) is 4.91. The Morgan fingerprint density at radius 3 is 2.93 bits per heavy atom. The number of aryl methyl sites for hydroxylation is 1. The van der Waals surface area contributed by atoms with Crippen molar-refractivity contribution < 1.29 is 9.53 Å². The van der Waals surface area contributed by atoms with Crippen LogP contribution in [0, 0.1) is 0 Å². The fourth-order valence-electron chi connectivity index (χ4n) is 3.23. The molecule has 1 aromatic carbocycles. The fraction of sp³-hybridized carbons (Fsp3) is 0.200. The highest BCUT2D eigenvalue weighted by Crippen LogP contribution is 2.30. The Kier molecular flexibility index (Phi) is 5.22. The van der Waals surface area contributed by atoms with Gasteiger partial charge in [-0.3, -0.25) is 9.50 Å². The van der Waals surface area contributed by atoms with E-state index >= 15 is 0 Å². The Bertz CT molecular complexity index is 1180. The van der Waals surface area contributed by atoms with Gasteiger partial charge in [-0.2, -0.15) is 5.10 Å². The zero-order chi connectivity index (χ0) is 20.4. The molecule has 0 aliphatic heterocycles. The maximum Gasteiger partial charge on any atom is 0.338 e. The van der Waals surface area contributed by atoms with E-state index in [1.807, 2.05) is 42.1 Å². The van der Waals surface area contributed by atoms with E-state index < -0.39 is 0 Å². The van der Waals surface area contributed by atoms with Gasteiger partial charge in [-0.25, -0.2) is 14.8 Å². The van der Waals surface area contributed by atoms with Crippen LogP contribution in [-0.2, 0) is 11.2 Å². The molecular weight excluding hydrogens is 388 g/mol. The number of fused-ring (bicyclic) bond motifs is 1. The molecule has 8 nitrogen and oxygen atoms in total. The number of rotatable bonds is 6. The number of thioether (sulfide) groups is 1. The summed E-state index contributed by atoms with van der Waals surface area (Å²) in [7, 11) is 1.39. The standard InChI is InChI=1S/C20H20N6O2S/c1-4-12-9-13(5-6-14(12)20(27)28-2)24-17-18-22-11-16(26(18)8-7-21-17)15-10-23-25-19(15)29-3/h5-11H,4H2,1-3H3,(H,21,24)(H,23,25). The number of aromatic nitrogens is 5. The summed E-state index contributed by atoms with van der Waals surface area (Å²) >= 11 is 1.60. The molecule has 148 valence electrons. The highest BCUT2D eigenvalue weighted by Gasteiger charge is 2.16. The quantitative estimate of drug-likeness (QED) is 0.368. The predicted molar refractivity (Wildman–Crippen MR) is 113 cm³/mol. The maximum absolute atomic E-state index is 11.9. The van der Waals surface area contributed by atoms with Crippen LogP contribution in [0.2, 0.25) is 0 Å². The number of nitrogens with one attached hydrogen (secondary N) is 2. The molecule has 0 amide bonds. The Morgan fingerprint density at radius 2 is 2.17 bits per heavy atom. The SMILES string of the molecule is CCc1cc(Nc2nccn3c(-c4cn[nH]c4SC)cnc23)ccc1C(=O)OC. The third-order valence-corrected chi connectivity index (χ3v) is 5.39. The van der Waals surface area contributed by atoms with Crippen LogP contribution < -0.4 is 5.32 Å². The molecule has 9 heteroatoms. The summed E-state index contributed by atoms with van der Waals surface area (Å²) in [6, 6.07) is 5.53. The number of nitrogens with zero attached hydrogens (tertiary/aromatic N) is 4. The average molecular weight is 408 g/mol. The van der Waals surface area contributed by atoms with Crippen molar-refractivity contribution in [3.63, 3.8) is 0 Å². The molecule has 0 bridgehead atoms. The van der Waals surface area contributed by atoms with Crippen molar-refractivity contribution >= 4 is 34.9 Å². The van der Waals surface area contributed by atoms with Crippen molar-refractivity contribution in [2.45, 2.75) is 18.4 Å². The van der Waals surface area contributed by atoms with Crippen LogP contribution in [0.1, 0.15) is 22.8 Å². The van der Waals surface area contributed by atoms with Gasteiger partial charge in [0, 0.05) is 18.1 Å². The smallest absolute Gasteiger partial charge is 0.338 e. The molecule has 0 saturated carbocycles. The minimum absolute atomic E-state index is 0.337. The fourth-order valence-corrected chi connectivity index (χ4v) is 3.75. The maximum atomic E-state index is 11.9. The van der Waals surface area contributed by atoms with Crippen LogP contribution >= 0.6 is 11.8 Å². The number of carbonyl (C=O) groups excluding carboxylic acids is 1. The molecule has 0 saturated heterocycles. The number of aromatic amines is 1. The molecule has 0 aliphatic rings. The van der Waals surface area contributed by atoms with Gasteiger partial charge in [-0.1, -0.05) is 6.92 Å². The van der Waals surface area contributed by atoms with Crippen molar-refractivity contribution in [3.8, 4) is 11.3 Å². The van der Waals surface area contributed by atoms with E-state index in [2.05, 4.69) is 25.5 Å². The van der Waals surface area contributed by atoms with Crippen LogP contribution in [0.25, 0.3) is 16.9 Å². The second-order valence-electron chi connectivity index (χ2n) is 6.27. The van der Waals surface area contributed by atoms with Crippen LogP contribution in [0.5, 0.6) is 0 Å². The van der Waals surface area contributed by atoms with Crippen molar-refractivity contribution in [1.82, 2.24) is 24.6 Å². The van der Waals surface area contributed by atoms with E-state index in [0.29, 0.717) is 23.4 Å². The number of hydrogen-bond acceptors (Lipinski definition) is 7. The molecule has 3 heterocycles. The molecule has 0 unspecified atom stereocenters. The zero-order valence-corrected chi connectivity index (χ0v) is 17.1. The Morgan fingerprint density at radius 1 is 1.31 bits per heavy atom. The molecular formula is C20H20N6O2S.